The second kappa shape index (κ2) is 4.70. The first-order valence-electron chi connectivity index (χ1n) is 7.36. The number of hydrogen-bond donors (Lipinski definition) is 1. The molecule has 1 aliphatic heterocycles. The number of β-amino-alcohol motifs (C(OH)–C–C–N with tert-alkyl or cyclic N) is 1. The van der Waals surface area contributed by atoms with Crippen LogP contribution in [-0.4, -0.2) is 38.8 Å². The van der Waals surface area contributed by atoms with E-state index in [4.69, 9.17) is 4.98 Å². The van der Waals surface area contributed by atoms with E-state index >= 15 is 0 Å². The molecule has 108 valence electrons. The first-order valence-corrected chi connectivity index (χ1v) is 7.36. The minimum atomic E-state index is -0.243. The molecule has 1 aliphatic rings. The van der Waals surface area contributed by atoms with Crippen LogP contribution >= 0.6 is 0 Å². The molecule has 0 bridgehead atoms. The molecule has 1 N–H and O–H groups in total. The Morgan fingerprint density at radius 1 is 1.24 bits per heavy atom. The summed E-state index contributed by atoms with van der Waals surface area (Å²) >= 11 is 0. The van der Waals surface area contributed by atoms with Crippen molar-refractivity contribution in [3.05, 3.63) is 30.6 Å². The number of fused-ring (bicyclic) bond motifs is 3. The predicted molar refractivity (Wildman–Crippen MR) is 83.5 cm³/mol. The molecule has 0 radical (unpaired) electrons. The van der Waals surface area contributed by atoms with Gasteiger partial charge in [0.2, 0.25) is 0 Å². The molecule has 0 saturated carbocycles. The topological polar surface area (TPSA) is 54.2 Å². The molecule has 0 amide bonds. The lowest BCUT2D eigenvalue weighted by atomic mass is 10.1. The second-order valence-electron chi connectivity index (χ2n) is 5.73. The fourth-order valence-electron chi connectivity index (χ4n) is 3.24. The predicted octanol–water partition coefficient (Wildman–Crippen LogP) is 2.08. The van der Waals surface area contributed by atoms with Crippen LogP contribution in [0.4, 0.5) is 5.82 Å². The zero-order valence-corrected chi connectivity index (χ0v) is 12.0. The maximum absolute atomic E-state index is 9.84. The van der Waals surface area contributed by atoms with Gasteiger partial charge in [-0.05, 0) is 31.0 Å². The molecule has 21 heavy (non-hydrogen) atoms. The first kappa shape index (κ1) is 12.6. The maximum atomic E-state index is 9.84. The summed E-state index contributed by atoms with van der Waals surface area (Å²) in [6, 6.07) is 6.18. The van der Waals surface area contributed by atoms with Gasteiger partial charge in [0.05, 0.1) is 11.6 Å². The Hall–Kier alpha value is -2.14. The van der Waals surface area contributed by atoms with Crippen LogP contribution in [0.2, 0.25) is 0 Å². The molecule has 3 aromatic rings. The van der Waals surface area contributed by atoms with E-state index in [0.29, 0.717) is 6.54 Å². The summed E-state index contributed by atoms with van der Waals surface area (Å²) in [6.07, 6.45) is 5.36. The summed E-state index contributed by atoms with van der Waals surface area (Å²) in [5.41, 5.74) is 2.11. The number of aryl methyl sites for hydroxylation is 1. The minimum Gasteiger partial charge on any atom is -0.391 e. The van der Waals surface area contributed by atoms with Crippen molar-refractivity contribution in [1.82, 2.24) is 14.5 Å². The molecule has 3 aromatic heterocycles. The van der Waals surface area contributed by atoms with Crippen molar-refractivity contribution in [3.63, 3.8) is 0 Å². The van der Waals surface area contributed by atoms with Crippen molar-refractivity contribution in [2.75, 3.05) is 18.0 Å². The van der Waals surface area contributed by atoms with Crippen molar-refractivity contribution >= 4 is 27.8 Å². The SMILES string of the molecule is Cn1c2ccncc2c2ccc(N3CCCC(O)C3)nc21. The zero-order valence-electron chi connectivity index (χ0n) is 12.0. The van der Waals surface area contributed by atoms with Crippen LogP contribution < -0.4 is 4.90 Å². The number of pyridine rings is 2. The zero-order chi connectivity index (χ0) is 14.4. The van der Waals surface area contributed by atoms with Gasteiger partial charge < -0.3 is 14.6 Å². The minimum absolute atomic E-state index is 0.243. The standard InChI is InChI=1S/C16H18N4O/c1-19-14-6-7-17-9-13(14)12-4-5-15(18-16(12)19)20-8-2-3-11(21)10-20/h4-7,9,11,21H,2-3,8,10H2,1H3. The molecule has 5 nitrogen and oxygen atoms in total. The molecule has 1 fully saturated rings. The highest BCUT2D eigenvalue weighted by atomic mass is 16.3. The number of hydrogen-bond acceptors (Lipinski definition) is 4. The Morgan fingerprint density at radius 3 is 3.00 bits per heavy atom. The lowest BCUT2D eigenvalue weighted by molar-refractivity contribution is 0.154. The van der Waals surface area contributed by atoms with Gasteiger partial charge in [-0.15, -0.1) is 0 Å². The third-order valence-corrected chi connectivity index (χ3v) is 4.35. The molecule has 4 heterocycles. The number of nitrogens with zero attached hydrogens (tertiary/aromatic N) is 4. The maximum Gasteiger partial charge on any atom is 0.143 e. The van der Waals surface area contributed by atoms with Gasteiger partial charge >= 0.3 is 0 Å². The molecule has 5 heteroatoms. The third-order valence-electron chi connectivity index (χ3n) is 4.35. The first-order chi connectivity index (χ1) is 10.2. The highest BCUT2D eigenvalue weighted by Gasteiger charge is 2.20. The van der Waals surface area contributed by atoms with Gasteiger partial charge in [0.1, 0.15) is 11.5 Å². The van der Waals surface area contributed by atoms with Crippen LogP contribution in [-0.2, 0) is 7.05 Å². The summed E-state index contributed by atoms with van der Waals surface area (Å²) < 4.78 is 2.11. The van der Waals surface area contributed by atoms with Crippen LogP contribution in [0.1, 0.15) is 12.8 Å². The average Bonchev–Trinajstić information content (AvgIpc) is 2.81. The highest BCUT2D eigenvalue weighted by Crippen LogP contribution is 2.28. The normalized spacial score (nSPS) is 19.5. The fraction of sp³-hybridized carbons (Fsp3) is 0.375. The quantitative estimate of drug-likeness (QED) is 0.742. The Labute approximate surface area is 122 Å². The van der Waals surface area contributed by atoms with Crippen LogP contribution in [0.25, 0.3) is 21.9 Å². The molecule has 1 atom stereocenters. The summed E-state index contributed by atoms with van der Waals surface area (Å²) in [4.78, 5) is 11.2. The summed E-state index contributed by atoms with van der Waals surface area (Å²) in [5.74, 6) is 0.945. The third kappa shape index (κ3) is 1.96. The lowest BCUT2D eigenvalue weighted by Crippen LogP contribution is -2.38. The molecule has 0 aliphatic carbocycles. The van der Waals surface area contributed by atoms with Crippen LogP contribution in [0.5, 0.6) is 0 Å². The molecule has 0 aromatic carbocycles. The summed E-state index contributed by atoms with van der Waals surface area (Å²) in [6.45, 7) is 1.63. The van der Waals surface area contributed by atoms with Gasteiger partial charge in [0.25, 0.3) is 0 Å². The van der Waals surface area contributed by atoms with Crippen LogP contribution in [0, 0.1) is 0 Å². The Bertz CT molecular complexity index is 810. The molecule has 0 spiro atoms. The Balaban J connectivity index is 1.86. The van der Waals surface area contributed by atoms with Gasteiger partial charge in [0, 0.05) is 43.3 Å². The van der Waals surface area contributed by atoms with Crippen molar-refractivity contribution in [2.45, 2.75) is 18.9 Å². The number of aromatic nitrogens is 3. The molecule has 1 saturated heterocycles. The second-order valence-corrected chi connectivity index (χ2v) is 5.73. The van der Waals surface area contributed by atoms with E-state index in [1.807, 2.05) is 31.6 Å². The van der Waals surface area contributed by atoms with E-state index in [1.165, 1.54) is 0 Å². The highest BCUT2D eigenvalue weighted by molar-refractivity contribution is 6.06. The van der Waals surface area contributed by atoms with E-state index < -0.39 is 0 Å². The smallest absolute Gasteiger partial charge is 0.143 e. The largest absolute Gasteiger partial charge is 0.391 e. The lowest BCUT2D eigenvalue weighted by Gasteiger charge is -2.31. The molecular weight excluding hydrogens is 264 g/mol. The Morgan fingerprint density at radius 2 is 2.14 bits per heavy atom. The molecule has 1 unspecified atom stereocenters. The summed E-state index contributed by atoms with van der Waals surface area (Å²) in [5, 5.41) is 12.1. The van der Waals surface area contributed by atoms with Crippen LogP contribution in [0.15, 0.2) is 30.6 Å². The van der Waals surface area contributed by atoms with Crippen LogP contribution in [0.3, 0.4) is 0 Å². The monoisotopic (exact) mass is 282 g/mol. The number of rotatable bonds is 1. The summed E-state index contributed by atoms with van der Waals surface area (Å²) in [7, 11) is 2.03. The van der Waals surface area contributed by atoms with E-state index in [-0.39, 0.29) is 6.10 Å². The van der Waals surface area contributed by atoms with Gasteiger partial charge in [-0.3, -0.25) is 4.98 Å². The average molecular weight is 282 g/mol. The van der Waals surface area contributed by atoms with Crippen molar-refractivity contribution in [2.24, 2.45) is 7.05 Å². The number of piperidine rings is 1. The van der Waals surface area contributed by atoms with Crippen molar-refractivity contribution in [3.8, 4) is 0 Å². The van der Waals surface area contributed by atoms with E-state index in [0.717, 1.165) is 47.1 Å². The van der Waals surface area contributed by atoms with Crippen molar-refractivity contribution < 1.29 is 5.11 Å². The number of aliphatic hydroxyl groups is 1. The van der Waals surface area contributed by atoms with E-state index in [1.54, 1.807) is 0 Å². The van der Waals surface area contributed by atoms with Crippen molar-refractivity contribution in [1.29, 1.82) is 0 Å². The molecular formula is C16H18N4O. The van der Waals surface area contributed by atoms with Gasteiger partial charge in [-0.1, -0.05) is 0 Å². The fourth-order valence-corrected chi connectivity index (χ4v) is 3.24. The van der Waals surface area contributed by atoms with Gasteiger partial charge in [-0.25, -0.2) is 4.98 Å². The van der Waals surface area contributed by atoms with E-state index in [9.17, 15) is 5.11 Å². The number of aliphatic hydroxyl groups excluding tert-OH is 1. The van der Waals surface area contributed by atoms with Gasteiger partial charge in [0.15, 0.2) is 0 Å². The number of anilines is 1. The Kier molecular flexibility index (Phi) is 2.82. The molecule has 4 rings (SSSR count). The van der Waals surface area contributed by atoms with E-state index in [2.05, 4.69) is 20.5 Å². The van der Waals surface area contributed by atoms with Gasteiger partial charge in [-0.2, -0.15) is 0 Å².